The van der Waals surface area contributed by atoms with Crippen LogP contribution >= 0.6 is 24.0 Å². The van der Waals surface area contributed by atoms with E-state index < -0.39 is 0 Å². The second-order valence-corrected chi connectivity index (χ2v) is 4.32. The number of nitrogens with zero attached hydrogens (tertiary/aromatic N) is 1. The molecule has 0 saturated carbocycles. The van der Waals surface area contributed by atoms with E-state index in [0.717, 1.165) is 25.5 Å². The van der Waals surface area contributed by atoms with Gasteiger partial charge in [0, 0.05) is 20.1 Å². The van der Waals surface area contributed by atoms with Crippen LogP contribution in [0.2, 0.25) is 0 Å². The molecular formula is C16H26IN3O. The van der Waals surface area contributed by atoms with Gasteiger partial charge in [-0.3, -0.25) is 4.99 Å². The summed E-state index contributed by atoms with van der Waals surface area (Å²) in [7, 11) is 1.77. The van der Waals surface area contributed by atoms with Gasteiger partial charge in [0.1, 0.15) is 0 Å². The Balaban J connectivity index is 0.00000400. The summed E-state index contributed by atoms with van der Waals surface area (Å²) >= 11 is 0. The summed E-state index contributed by atoms with van der Waals surface area (Å²) in [4.78, 5) is 4.16. The van der Waals surface area contributed by atoms with E-state index in [9.17, 15) is 0 Å². The van der Waals surface area contributed by atoms with Crippen molar-refractivity contribution in [2.24, 2.45) is 4.99 Å². The summed E-state index contributed by atoms with van der Waals surface area (Å²) in [6.45, 7) is 4.96. The van der Waals surface area contributed by atoms with E-state index in [1.807, 2.05) is 25.1 Å². The molecule has 0 spiro atoms. The molecule has 0 fully saturated rings. The number of allylic oxidation sites excluding steroid dienone is 1. The van der Waals surface area contributed by atoms with Gasteiger partial charge >= 0.3 is 0 Å². The normalized spacial score (nSPS) is 11.2. The van der Waals surface area contributed by atoms with Crippen molar-refractivity contribution >= 4 is 29.9 Å². The zero-order chi connectivity index (χ0) is 14.5. The second kappa shape index (κ2) is 13.9. The highest BCUT2D eigenvalue weighted by Crippen LogP contribution is 1.99. The minimum absolute atomic E-state index is 0. The molecule has 0 aliphatic rings. The molecule has 5 heteroatoms. The maximum absolute atomic E-state index is 5.60. The Bertz CT molecular complexity index is 407. The lowest BCUT2D eigenvalue weighted by Crippen LogP contribution is -2.39. The first-order valence-corrected chi connectivity index (χ1v) is 7.04. The van der Waals surface area contributed by atoms with E-state index in [4.69, 9.17) is 4.74 Å². The zero-order valence-corrected chi connectivity index (χ0v) is 15.2. The predicted octanol–water partition coefficient (Wildman–Crippen LogP) is 2.95. The second-order valence-electron chi connectivity index (χ2n) is 4.32. The lowest BCUT2D eigenvalue weighted by atomic mass is 10.2. The molecule has 0 saturated heterocycles. The molecule has 0 aliphatic heterocycles. The molecule has 1 aromatic carbocycles. The van der Waals surface area contributed by atoms with Crippen LogP contribution in [0, 0.1) is 0 Å². The molecule has 0 aromatic heterocycles. The smallest absolute Gasteiger partial charge is 0.191 e. The molecule has 1 rings (SSSR count). The molecule has 4 nitrogen and oxygen atoms in total. The van der Waals surface area contributed by atoms with Crippen molar-refractivity contribution in [2.75, 3.05) is 26.7 Å². The molecule has 0 aliphatic carbocycles. The number of aliphatic imine (C=N–C) groups is 1. The Morgan fingerprint density at radius 1 is 1.19 bits per heavy atom. The lowest BCUT2D eigenvalue weighted by Gasteiger charge is -2.11. The molecule has 2 N–H and O–H groups in total. The fourth-order valence-electron chi connectivity index (χ4n) is 1.67. The van der Waals surface area contributed by atoms with Gasteiger partial charge in [-0.2, -0.15) is 0 Å². The molecule has 0 amide bonds. The van der Waals surface area contributed by atoms with Gasteiger partial charge in [-0.05, 0) is 18.9 Å². The molecule has 1 aromatic rings. The van der Waals surface area contributed by atoms with Gasteiger partial charge in [0.15, 0.2) is 5.96 Å². The Kier molecular flexibility index (Phi) is 13.2. The van der Waals surface area contributed by atoms with Crippen LogP contribution in [0.1, 0.15) is 18.9 Å². The zero-order valence-electron chi connectivity index (χ0n) is 12.8. The Hall–Kier alpha value is -1.08. The molecule has 0 bridgehead atoms. The third-order valence-corrected chi connectivity index (χ3v) is 2.71. The van der Waals surface area contributed by atoms with Crippen LogP contribution < -0.4 is 10.6 Å². The summed E-state index contributed by atoms with van der Waals surface area (Å²) in [5.41, 5.74) is 1.20. The van der Waals surface area contributed by atoms with Crippen molar-refractivity contribution in [1.29, 1.82) is 0 Å². The number of hydrogen-bond acceptors (Lipinski definition) is 2. The highest BCUT2D eigenvalue weighted by molar-refractivity contribution is 14.0. The molecule has 0 radical (unpaired) electrons. The van der Waals surface area contributed by atoms with Gasteiger partial charge in [-0.25, -0.2) is 0 Å². The minimum Gasteiger partial charge on any atom is -0.375 e. The molecule has 118 valence electrons. The Morgan fingerprint density at radius 2 is 1.90 bits per heavy atom. The van der Waals surface area contributed by atoms with Crippen molar-refractivity contribution in [3.63, 3.8) is 0 Å². The van der Waals surface area contributed by atoms with Crippen LogP contribution in [-0.4, -0.2) is 32.7 Å². The number of hydrogen-bond donors (Lipinski definition) is 2. The Morgan fingerprint density at radius 3 is 2.57 bits per heavy atom. The SMILES string of the molecule is C/C=C/CCNC(=NC)NCCOCc1ccccc1.I. The van der Waals surface area contributed by atoms with E-state index in [2.05, 4.69) is 39.9 Å². The predicted molar refractivity (Wildman–Crippen MR) is 100 cm³/mol. The fourth-order valence-corrected chi connectivity index (χ4v) is 1.67. The highest BCUT2D eigenvalue weighted by Gasteiger charge is 1.96. The number of halogens is 1. The maximum atomic E-state index is 5.60. The van der Waals surface area contributed by atoms with Crippen molar-refractivity contribution in [3.05, 3.63) is 48.0 Å². The van der Waals surface area contributed by atoms with Crippen molar-refractivity contribution in [2.45, 2.75) is 20.0 Å². The first-order chi connectivity index (χ1) is 9.86. The highest BCUT2D eigenvalue weighted by atomic mass is 127. The molecule has 0 heterocycles. The topological polar surface area (TPSA) is 45.7 Å². The van der Waals surface area contributed by atoms with Gasteiger partial charge in [-0.15, -0.1) is 24.0 Å². The standard InChI is InChI=1S/C16H25N3O.HI/c1-3-4-8-11-18-16(17-2)19-12-13-20-14-15-9-6-5-7-10-15;/h3-7,9-10H,8,11-14H2,1-2H3,(H2,17,18,19);1H/b4-3+;. The van der Waals surface area contributed by atoms with E-state index in [0.29, 0.717) is 13.2 Å². The van der Waals surface area contributed by atoms with Crippen LogP contribution in [0.15, 0.2) is 47.5 Å². The third kappa shape index (κ3) is 10.3. The van der Waals surface area contributed by atoms with E-state index >= 15 is 0 Å². The Labute approximate surface area is 145 Å². The third-order valence-electron chi connectivity index (χ3n) is 2.71. The first-order valence-electron chi connectivity index (χ1n) is 7.04. The number of benzene rings is 1. The van der Waals surface area contributed by atoms with Crippen LogP contribution in [0.25, 0.3) is 0 Å². The largest absolute Gasteiger partial charge is 0.375 e. The lowest BCUT2D eigenvalue weighted by molar-refractivity contribution is 0.125. The molecule has 0 unspecified atom stereocenters. The summed E-state index contributed by atoms with van der Waals surface area (Å²) < 4.78 is 5.60. The van der Waals surface area contributed by atoms with E-state index in [-0.39, 0.29) is 24.0 Å². The average molecular weight is 403 g/mol. The molecular weight excluding hydrogens is 377 g/mol. The van der Waals surface area contributed by atoms with Crippen LogP contribution in [0.3, 0.4) is 0 Å². The van der Waals surface area contributed by atoms with Gasteiger partial charge in [0.25, 0.3) is 0 Å². The average Bonchev–Trinajstić information content (AvgIpc) is 2.50. The van der Waals surface area contributed by atoms with Gasteiger partial charge in [0.2, 0.25) is 0 Å². The van der Waals surface area contributed by atoms with Crippen molar-refractivity contribution < 1.29 is 4.74 Å². The van der Waals surface area contributed by atoms with Crippen molar-refractivity contribution in [1.82, 2.24) is 10.6 Å². The summed E-state index contributed by atoms with van der Waals surface area (Å²) in [5.74, 6) is 0.817. The van der Waals surface area contributed by atoms with E-state index in [1.165, 1.54) is 5.56 Å². The van der Waals surface area contributed by atoms with Crippen LogP contribution in [-0.2, 0) is 11.3 Å². The maximum Gasteiger partial charge on any atom is 0.191 e. The van der Waals surface area contributed by atoms with Gasteiger partial charge in [-0.1, -0.05) is 42.5 Å². The number of rotatable bonds is 8. The summed E-state index contributed by atoms with van der Waals surface area (Å²) in [6.07, 6.45) is 5.18. The monoisotopic (exact) mass is 403 g/mol. The van der Waals surface area contributed by atoms with Gasteiger partial charge < -0.3 is 15.4 Å². The first kappa shape index (κ1) is 19.9. The van der Waals surface area contributed by atoms with Gasteiger partial charge in [0.05, 0.1) is 13.2 Å². The van der Waals surface area contributed by atoms with E-state index in [1.54, 1.807) is 7.05 Å². The quantitative estimate of drug-likeness (QED) is 0.231. The van der Waals surface area contributed by atoms with Crippen LogP contribution in [0.5, 0.6) is 0 Å². The van der Waals surface area contributed by atoms with Crippen LogP contribution in [0.4, 0.5) is 0 Å². The summed E-state index contributed by atoms with van der Waals surface area (Å²) in [5, 5.41) is 6.47. The number of guanidine groups is 1. The molecule has 0 atom stereocenters. The number of ether oxygens (including phenoxy) is 1. The minimum atomic E-state index is 0. The van der Waals surface area contributed by atoms with Crippen molar-refractivity contribution in [3.8, 4) is 0 Å². The summed E-state index contributed by atoms with van der Waals surface area (Å²) in [6, 6.07) is 10.2. The number of nitrogens with one attached hydrogen (secondary N) is 2. The fraction of sp³-hybridized carbons (Fsp3) is 0.438. The molecule has 21 heavy (non-hydrogen) atoms.